The molecular formula is C15H10BrF2NO2S. The third-order valence-electron chi connectivity index (χ3n) is 2.73. The van der Waals surface area contributed by atoms with Gasteiger partial charge in [0.2, 0.25) is 0 Å². The highest BCUT2D eigenvalue weighted by Crippen LogP contribution is 2.39. The Bertz CT molecular complexity index is 719. The van der Waals surface area contributed by atoms with Gasteiger partial charge in [0.05, 0.1) is 22.7 Å². The van der Waals surface area contributed by atoms with Crippen molar-refractivity contribution in [2.45, 2.75) is 17.3 Å². The average Bonchev–Trinajstić information content (AvgIpc) is 2.50. The van der Waals surface area contributed by atoms with Crippen LogP contribution in [0.5, 0.6) is 11.5 Å². The van der Waals surface area contributed by atoms with Crippen molar-refractivity contribution in [3.8, 4) is 17.6 Å². The Hall–Kier alpha value is -1.62. The summed E-state index contributed by atoms with van der Waals surface area (Å²) in [6.07, 6.45) is 0. The van der Waals surface area contributed by atoms with E-state index in [1.54, 1.807) is 24.3 Å². The van der Waals surface area contributed by atoms with E-state index in [1.807, 2.05) is 6.07 Å². The van der Waals surface area contributed by atoms with Crippen molar-refractivity contribution < 1.29 is 18.6 Å². The van der Waals surface area contributed by atoms with E-state index in [2.05, 4.69) is 15.9 Å². The molecule has 3 nitrogen and oxygen atoms in total. The molecule has 0 heterocycles. The first kappa shape index (κ1) is 16.7. The number of rotatable bonds is 5. The maximum atomic E-state index is 12.5. The van der Waals surface area contributed by atoms with Gasteiger partial charge in [0.15, 0.2) is 0 Å². The van der Waals surface area contributed by atoms with Gasteiger partial charge in [-0.3, -0.25) is 0 Å². The van der Waals surface area contributed by atoms with Crippen LogP contribution in [0.15, 0.2) is 45.8 Å². The number of aliphatic hydroxyl groups is 1. The molecule has 0 radical (unpaired) electrons. The number of nitrogens with zero attached hydrogens (tertiary/aromatic N) is 1. The maximum Gasteiger partial charge on any atom is 0.288 e. The SMILES string of the molecule is N#Cc1cccc(Oc2ccc(SC(F)F)c(CO)c2Br)c1. The molecule has 0 unspecified atom stereocenters. The summed E-state index contributed by atoms with van der Waals surface area (Å²) >= 11 is 3.63. The van der Waals surface area contributed by atoms with Crippen molar-refractivity contribution >= 4 is 27.7 Å². The van der Waals surface area contributed by atoms with E-state index in [-0.39, 0.29) is 4.90 Å². The van der Waals surface area contributed by atoms with Crippen LogP contribution in [0.3, 0.4) is 0 Å². The highest BCUT2D eigenvalue weighted by atomic mass is 79.9. The molecule has 0 saturated heterocycles. The largest absolute Gasteiger partial charge is 0.456 e. The molecule has 2 aromatic rings. The molecule has 114 valence electrons. The zero-order chi connectivity index (χ0) is 16.1. The summed E-state index contributed by atoms with van der Waals surface area (Å²) < 4.78 is 31.1. The third-order valence-corrected chi connectivity index (χ3v) is 4.41. The first-order valence-corrected chi connectivity index (χ1v) is 7.77. The second-order valence-corrected chi connectivity index (χ2v) is 5.96. The Morgan fingerprint density at radius 2 is 2.09 bits per heavy atom. The number of aliphatic hydroxyl groups excluding tert-OH is 1. The Kier molecular flexibility index (Phi) is 5.77. The summed E-state index contributed by atoms with van der Waals surface area (Å²) in [5, 5.41) is 18.3. The number of ether oxygens (including phenoxy) is 1. The molecule has 0 bridgehead atoms. The van der Waals surface area contributed by atoms with E-state index < -0.39 is 12.4 Å². The summed E-state index contributed by atoms with van der Waals surface area (Å²) in [5.41, 5.74) is 0.778. The molecule has 0 aromatic heterocycles. The minimum absolute atomic E-state index is 0.280. The van der Waals surface area contributed by atoms with Crippen molar-refractivity contribution in [3.63, 3.8) is 0 Å². The Morgan fingerprint density at radius 3 is 2.73 bits per heavy atom. The van der Waals surface area contributed by atoms with Crippen molar-refractivity contribution in [1.29, 1.82) is 5.26 Å². The molecule has 0 aliphatic carbocycles. The van der Waals surface area contributed by atoms with Crippen molar-refractivity contribution in [2.24, 2.45) is 0 Å². The monoisotopic (exact) mass is 385 g/mol. The van der Waals surface area contributed by atoms with E-state index >= 15 is 0 Å². The van der Waals surface area contributed by atoms with E-state index in [4.69, 9.17) is 10.00 Å². The minimum atomic E-state index is -2.57. The molecule has 0 fully saturated rings. The summed E-state index contributed by atoms with van der Waals surface area (Å²) in [5.74, 6) is -1.76. The van der Waals surface area contributed by atoms with E-state index in [9.17, 15) is 13.9 Å². The molecule has 0 aliphatic heterocycles. The lowest BCUT2D eigenvalue weighted by Crippen LogP contribution is -1.95. The Morgan fingerprint density at radius 1 is 1.32 bits per heavy atom. The normalized spacial score (nSPS) is 10.5. The fraction of sp³-hybridized carbons (Fsp3) is 0.133. The lowest BCUT2D eigenvalue weighted by atomic mass is 10.2. The molecular weight excluding hydrogens is 376 g/mol. The van der Waals surface area contributed by atoms with Gasteiger partial charge in [-0.2, -0.15) is 14.0 Å². The zero-order valence-corrected chi connectivity index (χ0v) is 13.5. The van der Waals surface area contributed by atoms with Crippen LogP contribution in [0, 0.1) is 11.3 Å². The lowest BCUT2D eigenvalue weighted by Gasteiger charge is -2.14. The fourth-order valence-electron chi connectivity index (χ4n) is 1.77. The van der Waals surface area contributed by atoms with Gasteiger partial charge in [-0.25, -0.2) is 0 Å². The highest BCUT2D eigenvalue weighted by Gasteiger charge is 2.16. The van der Waals surface area contributed by atoms with Gasteiger partial charge in [-0.15, -0.1) is 0 Å². The Balaban J connectivity index is 2.34. The van der Waals surface area contributed by atoms with Crippen LogP contribution in [-0.2, 0) is 6.61 Å². The lowest BCUT2D eigenvalue weighted by molar-refractivity contribution is 0.251. The van der Waals surface area contributed by atoms with Crippen LogP contribution < -0.4 is 4.74 Å². The molecule has 0 aliphatic rings. The molecule has 1 N–H and O–H groups in total. The van der Waals surface area contributed by atoms with E-state index in [1.165, 1.54) is 12.1 Å². The predicted molar refractivity (Wildman–Crippen MR) is 83.2 cm³/mol. The molecule has 2 aromatic carbocycles. The molecule has 2 rings (SSSR count). The van der Waals surface area contributed by atoms with Gasteiger partial charge in [0, 0.05) is 10.5 Å². The topological polar surface area (TPSA) is 53.2 Å². The van der Waals surface area contributed by atoms with Crippen molar-refractivity contribution in [1.82, 2.24) is 0 Å². The number of thioether (sulfide) groups is 1. The smallest absolute Gasteiger partial charge is 0.288 e. The highest BCUT2D eigenvalue weighted by molar-refractivity contribution is 9.10. The maximum absolute atomic E-state index is 12.5. The van der Waals surface area contributed by atoms with Crippen molar-refractivity contribution in [2.75, 3.05) is 0 Å². The van der Waals surface area contributed by atoms with Crippen LogP contribution in [-0.4, -0.2) is 10.9 Å². The van der Waals surface area contributed by atoms with Crippen LogP contribution >= 0.6 is 27.7 Å². The van der Waals surface area contributed by atoms with E-state index in [0.717, 1.165) is 0 Å². The molecule has 0 amide bonds. The van der Waals surface area contributed by atoms with Gasteiger partial charge in [0.25, 0.3) is 5.76 Å². The standard InChI is InChI=1S/C15H10BrF2NO2S/c16-14-11(8-20)13(22-15(17)18)5-4-12(14)21-10-3-1-2-9(6-10)7-19/h1-6,15,20H,8H2. The number of alkyl halides is 2. The van der Waals surface area contributed by atoms with E-state index in [0.29, 0.717) is 38.9 Å². The molecule has 0 saturated carbocycles. The fourth-order valence-corrected chi connectivity index (χ4v) is 3.10. The van der Waals surface area contributed by atoms with Gasteiger partial charge >= 0.3 is 0 Å². The van der Waals surface area contributed by atoms with Gasteiger partial charge in [-0.1, -0.05) is 17.8 Å². The molecule has 0 atom stereocenters. The molecule has 7 heteroatoms. The summed E-state index contributed by atoms with van der Waals surface area (Å²) in [4.78, 5) is 0.280. The number of benzene rings is 2. The number of nitriles is 1. The third kappa shape index (κ3) is 3.97. The number of hydrogen-bond acceptors (Lipinski definition) is 4. The van der Waals surface area contributed by atoms with Crippen molar-refractivity contribution in [3.05, 3.63) is 52.0 Å². The predicted octanol–water partition coefficient (Wildman–Crippen LogP) is 4.92. The second kappa shape index (κ2) is 7.58. The average molecular weight is 386 g/mol. The molecule has 22 heavy (non-hydrogen) atoms. The number of hydrogen-bond donors (Lipinski definition) is 1. The first-order chi connectivity index (χ1) is 10.5. The first-order valence-electron chi connectivity index (χ1n) is 6.10. The Labute approximate surface area is 138 Å². The minimum Gasteiger partial charge on any atom is -0.456 e. The summed E-state index contributed by atoms with van der Waals surface area (Å²) in [6, 6.07) is 11.6. The van der Waals surface area contributed by atoms with Gasteiger partial charge < -0.3 is 9.84 Å². The van der Waals surface area contributed by atoms with Crippen LogP contribution in [0.4, 0.5) is 8.78 Å². The summed E-state index contributed by atoms with van der Waals surface area (Å²) in [6.45, 7) is -0.398. The molecule has 0 spiro atoms. The quantitative estimate of drug-likeness (QED) is 0.742. The van der Waals surface area contributed by atoms with Crippen LogP contribution in [0.25, 0.3) is 0 Å². The van der Waals surface area contributed by atoms with Crippen LogP contribution in [0.2, 0.25) is 0 Å². The van der Waals surface area contributed by atoms with Gasteiger partial charge in [0.1, 0.15) is 11.5 Å². The summed E-state index contributed by atoms with van der Waals surface area (Å²) in [7, 11) is 0. The second-order valence-electron chi connectivity index (χ2n) is 4.13. The van der Waals surface area contributed by atoms with Gasteiger partial charge in [-0.05, 0) is 46.3 Å². The van der Waals surface area contributed by atoms with Crippen LogP contribution in [0.1, 0.15) is 11.1 Å². The number of halogens is 3. The zero-order valence-electron chi connectivity index (χ0n) is 11.1.